The van der Waals surface area contributed by atoms with E-state index in [9.17, 15) is 9.59 Å². The quantitative estimate of drug-likeness (QED) is 0.0593. The van der Waals surface area contributed by atoms with E-state index in [1.807, 2.05) is 41.9 Å². The number of carbonyl (C=O) groups excluding carboxylic acids is 2. The normalized spacial score (nSPS) is 15.8. The van der Waals surface area contributed by atoms with Gasteiger partial charge in [0.05, 0.1) is 23.1 Å². The van der Waals surface area contributed by atoms with Crippen molar-refractivity contribution in [3.8, 4) is 0 Å². The third kappa shape index (κ3) is 12.5. The molecule has 7 heteroatoms. The fourth-order valence-corrected chi connectivity index (χ4v) is 8.55. The highest BCUT2D eigenvalue weighted by Crippen LogP contribution is 2.47. The molecule has 0 fully saturated rings. The third-order valence-electron chi connectivity index (χ3n) is 11.7. The van der Waals surface area contributed by atoms with Crippen LogP contribution >= 0.6 is 0 Å². The van der Waals surface area contributed by atoms with Gasteiger partial charge in [0.1, 0.15) is 17.2 Å². The van der Waals surface area contributed by atoms with Crippen molar-refractivity contribution in [3.63, 3.8) is 0 Å². The minimum Gasteiger partial charge on any atom is -0.471 e. The van der Waals surface area contributed by atoms with Crippen LogP contribution < -0.4 is 5.66 Å². The van der Waals surface area contributed by atoms with Gasteiger partial charge in [-0.2, -0.15) is 0 Å². The van der Waals surface area contributed by atoms with Crippen LogP contribution in [0.5, 0.6) is 0 Å². The van der Waals surface area contributed by atoms with Gasteiger partial charge in [-0.05, 0) is 61.8 Å². The standard InChI is InChI=1S/C46H73BN2O4/c1-5-9-13-17-19-23-28-36(26-21-15-11-7-3)34-48-43(38-30-25-33-52-38)41-42(46(48)51)44(39-31-32-40(47)53-39)49(45(41)50)35-37(27-22-16-12-8-4)29-24-20-18-14-10-6-2/h25,30-33,36-37H,5-24,26-29,34-35,47H2,1-4H3. The first-order chi connectivity index (χ1) is 25.9. The number of hydrogen-bond donors (Lipinski definition) is 0. The maximum Gasteiger partial charge on any atom is 0.261 e. The second kappa shape index (κ2) is 23.7. The molecule has 4 rings (SSSR count). The summed E-state index contributed by atoms with van der Waals surface area (Å²) in [5.41, 5.74) is 3.10. The van der Waals surface area contributed by atoms with Gasteiger partial charge in [0.15, 0.2) is 13.6 Å². The Labute approximate surface area is 324 Å². The number of nitrogens with zero attached hydrogens (tertiary/aromatic N) is 2. The fraction of sp³-hybridized carbons (Fsp3) is 0.696. The predicted octanol–water partition coefficient (Wildman–Crippen LogP) is 11.6. The summed E-state index contributed by atoms with van der Waals surface area (Å²) < 4.78 is 12.3. The zero-order valence-corrected chi connectivity index (χ0v) is 34.5. The first kappa shape index (κ1) is 42.8. The van der Waals surface area contributed by atoms with Crippen molar-refractivity contribution in [2.24, 2.45) is 11.8 Å². The molecule has 294 valence electrons. The summed E-state index contributed by atoms with van der Waals surface area (Å²) in [7, 11) is 1.93. The molecule has 2 amide bonds. The van der Waals surface area contributed by atoms with Crippen molar-refractivity contribution in [1.82, 2.24) is 9.80 Å². The maximum absolute atomic E-state index is 14.9. The molecule has 0 aromatic carbocycles. The molecular formula is C46H73BN2O4. The fourth-order valence-electron chi connectivity index (χ4n) is 8.55. The van der Waals surface area contributed by atoms with Crippen molar-refractivity contribution >= 4 is 36.7 Å². The zero-order chi connectivity index (χ0) is 37.8. The Hall–Kier alpha value is -2.96. The van der Waals surface area contributed by atoms with Gasteiger partial charge in [0.25, 0.3) is 11.8 Å². The van der Waals surface area contributed by atoms with Crippen LogP contribution in [0.25, 0.3) is 11.4 Å². The summed E-state index contributed by atoms with van der Waals surface area (Å²) in [6.07, 6.45) is 30.9. The van der Waals surface area contributed by atoms with Crippen molar-refractivity contribution in [1.29, 1.82) is 0 Å². The average Bonchev–Trinajstić information content (AvgIpc) is 3.95. The lowest BCUT2D eigenvalue weighted by Gasteiger charge is -2.29. The van der Waals surface area contributed by atoms with Crippen LogP contribution in [0.3, 0.4) is 0 Å². The molecule has 2 aromatic heterocycles. The van der Waals surface area contributed by atoms with E-state index in [-0.39, 0.29) is 11.8 Å². The van der Waals surface area contributed by atoms with E-state index < -0.39 is 0 Å². The number of rotatable bonds is 30. The molecule has 4 heterocycles. The van der Waals surface area contributed by atoms with E-state index >= 15 is 0 Å². The molecule has 0 saturated heterocycles. The van der Waals surface area contributed by atoms with Gasteiger partial charge < -0.3 is 18.6 Å². The van der Waals surface area contributed by atoms with Crippen LogP contribution in [0, 0.1) is 11.8 Å². The van der Waals surface area contributed by atoms with E-state index in [1.165, 1.54) is 128 Å². The van der Waals surface area contributed by atoms with Crippen LogP contribution in [-0.4, -0.2) is 42.5 Å². The van der Waals surface area contributed by atoms with Crippen molar-refractivity contribution < 1.29 is 18.4 Å². The lowest BCUT2D eigenvalue weighted by molar-refractivity contribution is -0.124. The molecule has 2 aromatic rings. The monoisotopic (exact) mass is 729 g/mol. The summed E-state index contributed by atoms with van der Waals surface area (Å²) in [6.45, 7) is 10.3. The summed E-state index contributed by atoms with van der Waals surface area (Å²) in [5.74, 6) is 1.79. The predicted molar refractivity (Wildman–Crippen MR) is 223 cm³/mol. The maximum atomic E-state index is 14.9. The number of furan rings is 2. The van der Waals surface area contributed by atoms with Gasteiger partial charge in [0.2, 0.25) is 0 Å². The molecule has 0 aliphatic carbocycles. The molecule has 2 atom stereocenters. The molecule has 0 spiro atoms. The zero-order valence-electron chi connectivity index (χ0n) is 34.5. The number of fused-ring (bicyclic) bond motifs is 1. The van der Waals surface area contributed by atoms with Crippen LogP contribution in [0.2, 0.25) is 0 Å². The molecule has 2 aliphatic rings. The molecule has 0 N–H and O–H groups in total. The average molecular weight is 729 g/mol. The summed E-state index contributed by atoms with van der Waals surface area (Å²) >= 11 is 0. The smallest absolute Gasteiger partial charge is 0.261 e. The lowest BCUT2D eigenvalue weighted by atomic mass is 9.93. The Bertz CT molecular complexity index is 1420. The van der Waals surface area contributed by atoms with Crippen molar-refractivity contribution in [2.45, 2.75) is 182 Å². The molecule has 0 bridgehead atoms. The number of hydrogen-bond acceptors (Lipinski definition) is 4. The van der Waals surface area contributed by atoms with Gasteiger partial charge in [-0.1, -0.05) is 156 Å². The largest absolute Gasteiger partial charge is 0.471 e. The van der Waals surface area contributed by atoms with Crippen LogP contribution in [0.4, 0.5) is 0 Å². The highest BCUT2D eigenvalue weighted by molar-refractivity contribution is 6.31. The summed E-state index contributed by atoms with van der Waals surface area (Å²) in [5, 5.41) is 0. The van der Waals surface area contributed by atoms with Crippen LogP contribution in [0.15, 0.2) is 50.5 Å². The van der Waals surface area contributed by atoms with E-state index in [4.69, 9.17) is 8.83 Å². The molecule has 53 heavy (non-hydrogen) atoms. The van der Waals surface area contributed by atoms with E-state index in [0.29, 0.717) is 59.0 Å². The lowest BCUT2D eigenvalue weighted by Crippen LogP contribution is -2.34. The van der Waals surface area contributed by atoms with Crippen molar-refractivity contribution in [2.75, 3.05) is 13.1 Å². The molecule has 2 aliphatic heterocycles. The Morgan fingerprint density at radius 1 is 0.528 bits per heavy atom. The molecule has 0 radical (unpaired) electrons. The Morgan fingerprint density at radius 2 is 0.925 bits per heavy atom. The number of unbranched alkanes of at least 4 members (excludes halogenated alkanes) is 16. The van der Waals surface area contributed by atoms with Gasteiger partial charge >= 0.3 is 0 Å². The first-order valence-electron chi connectivity index (χ1n) is 22.2. The highest BCUT2D eigenvalue weighted by atomic mass is 16.3. The second-order valence-corrected chi connectivity index (χ2v) is 16.2. The van der Waals surface area contributed by atoms with Gasteiger partial charge in [-0.25, -0.2) is 0 Å². The number of amides is 2. The minimum atomic E-state index is -0.0803. The van der Waals surface area contributed by atoms with Gasteiger partial charge in [-0.15, -0.1) is 0 Å². The number of carbonyl (C=O) groups is 2. The second-order valence-electron chi connectivity index (χ2n) is 16.2. The summed E-state index contributed by atoms with van der Waals surface area (Å²) in [6, 6.07) is 7.68. The highest BCUT2D eigenvalue weighted by Gasteiger charge is 2.50. The van der Waals surface area contributed by atoms with Crippen LogP contribution in [0.1, 0.15) is 193 Å². The summed E-state index contributed by atoms with van der Waals surface area (Å²) in [4.78, 5) is 33.7. The van der Waals surface area contributed by atoms with Gasteiger partial charge in [-0.3, -0.25) is 9.59 Å². The van der Waals surface area contributed by atoms with E-state index in [0.717, 1.165) is 31.3 Å². The minimum absolute atomic E-state index is 0.0803. The molecule has 0 saturated carbocycles. The third-order valence-corrected chi connectivity index (χ3v) is 11.7. The van der Waals surface area contributed by atoms with E-state index in [1.54, 1.807) is 6.26 Å². The molecule has 2 unspecified atom stereocenters. The Balaban J connectivity index is 1.66. The molecule has 6 nitrogen and oxygen atoms in total. The van der Waals surface area contributed by atoms with E-state index in [2.05, 4.69) is 27.7 Å². The van der Waals surface area contributed by atoms with Gasteiger partial charge in [0, 0.05) is 13.1 Å². The van der Waals surface area contributed by atoms with Crippen LogP contribution in [-0.2, 0) is 9.59 Å². The Kier molecular flexibility index (Phi) is 19.2. The first-order valence-corrected chi connectivity index (χ1v) is 22.2. The molecular weight excluding hydrogens is 655 g/mol. The SMILES string of the molecule is Bc1ccc(C2=C3C(=O)N(CC(CCCCCC)CCCCCCCC)C(c4ccco4)=C3C(=O)N2CC(CCCCCC)CCCCCCCC)o1. The topological polar surface area (TPSA) is 66.9 Å². The van der Waals surface area contributed by atoms with Crippen molar-refractivity contribution in [3.05, 3.63) is 53.2 Å². The Morgan fingerprint density at radius 3 is 1.30 bits per heavy atom.